The molecule has 6 heteroatoms. The Bertz CT molecular complexity index is 1060. The first-order valence-electron chi connectivity index (χ1n) is 11.0. The van der Waals surface area contributed by atoms with Crippen LogP contribution in [-0.4, -0.2) is 42.0 Å². The van der Waals surface area contributed by atoms with Crippen LogP contribution < -0.4 is 9.47 Å². The number of aliphatic hydroxyl groups is 1. The number of ether oxygens (including phenoxy) is 2. The number of likely N-dealkylation sites (tertiary alicyclic amines) is 1. The molecule has 0 radical (unpaired) electrons. The third kappa shape index (κ3) is 4.35. The van der Waals surface area contributed by atoms with Gasteiger partial charge in [0.25, 0.3) is 11.7 Å². The van der Waals surface area contributed by atoms with Crippen molar-refractivity contribution in [3.05, 3.63) is 64.2 Å². The van der Waals surface area contributed by atoms with Gasteiger partial charge in [-0.05, 0) is 61.6 Å². The Morgan fingerprint density at radius 2 is 1.84 bits per heavy atom. The molecule has 0 spiro atoms. The first-order valence-corrected chi connectivity index (χ1v) is 11.0. The fraction of sp³-hybridized carbons (Fsp3) is 0.385. The molecule has 0 bridgehead atoms. The highest BCUT2D eigenvalue weighted by molar-refractivity contribution is 6.46. The predicted molar refractivity (Wildman–Crippen MR) is 124 cm³/mol. The number of hydrogen-bond acceptors (Lipinski definition) is 5. The van der Waals surface area contributed by atoms with Crippen LogP contribution in [0.25, 0.3) is 5.76 Å². The first-order chi connectivity index (χ1) is 15.3. The SMILES string of the molecule is CCCOc1cccc(C2/C(=C(\O)c3cc(C)cc(C)c3OC)C(=O)C(=O)N2CCC)c1. The lowest BCUT2D eigenvalue weighted by atomic mass is 9.93. The van der Waals surface area contributed by atoms with E-state index in [0.29, 0.717) is 36.6 Å². The fourth-order valence-electron chi connectivity index (χ4n) is 4.24. The number of amides is 1. The van der Waals surface area contributed by atoms with Crippen molar-refractivity contribution >= 4 is 17.4 Å². The van der Waals surface area contributed by atoms with Gasteiger partial charge in [-0.2, -0.15) is 0 Å². The Kier molecular flexibility index (Phi) is 7.23. The van der Waals surface area contributed by atoms with E-state index in [1.54, 1.807) is 6.07 Å². The number of Topliss-reactive ketones (excluding diaryl/α,β-unsaturated/α-hetero) is 1. The molecular formula is C26H31NO5. The lowest BCUT2D eigenvalue weighted by Crippen LogP contribution is -2.30. The fourth-order valence-corrected chi connectivity index (χ4v) is 4.24. The molecule has 1 aliphatic rings. The van der Waals surface area contributed by atoms with E-state index in [9.17, 15) is 14.7 Å². The van der Waals surface area contributed by atoms with Crippen molar-refractivity contribution in [2.45, 2.75) is 46.6 Å². The van der Waals surface area contributed by atoms with E-state index < -0.39 is 17.7 Å². The largest absolute Gasteiger partial charge is 0.507 e. The Labute approximate surface area is 189 Å². The summed E-state index contributed by atoms with van der Waals surface area (Å²) in [6, 6.07) is 10.4. The van der Waals surface area contributed by atoms with E-state index >= 15 is 0 Å². The highest BCUT2D eigenvalue weighted by Gasteiger charge is 2.46. The molecule has 2 aromatic rings. The summed E-state index contributed by atoms with van der Waals surface area (Å²) in [4.78, 5) is 27.6. The average molecular weight is 438 g/mol. The predicted octanol–water partition coefficient (Wildman–Crippen LogP) is 4.93. The van der Waals surface area contributed by atoms with E-state index in [1.807, 2.05) is 58.0 Å². The van der Waals surface area contributed by atoms with Crippen molar-refractivity contribution in [2.75, 3.05) is 20.3 Å². The van der Waals surface area contributed by atoms with E-state index in [4.69, 9.17) is 9.47 Å². The molecule has 1 amide bonds. The monoisotopic (exact) mass is 437 g/mol. The third-order valence-electron chi connectivity index (χ3n) is 5.53. The average Bonchev–Trinajstić information content (AvgIpc) is 3.02. The zero-order chi connectivity index (χ0) is 23.4. The summed E-state index contributed by atoms with van der Waals surface area (Å²) >= 11 is 0. The van der Waals surface area contributed by atoms with Gasteiger partial charge in [-0.1, -0.05) is 32.0 Å². The minimum absolute atomic E-state index is 0.0689. The molecule has 1 N–H and O–H groups in total. The van der Waals surface area contributed by atoms with Gasteiger partial charge in [0.2, 0.25) is 0 Å². The maximum absolute atomic E-state index is 13.1. The quantitative estimate of drug-likeness (QED) is 0.360. The van der Waals surface area contributed by atoms with Crippen molar-refractivity contribution in [1.82, 2.24) is 4.90 Å². The van der Waals surface area contributed by atoms with Crippen molar-refractivity contribution in [2.24, 2.45) is 0 Å². The molecule has 1 fully saturated rings. The normalized spacial score (nSPS) is 17.7. The van der Waals surface area contributed by atoms with Crippen LogP contribution >= 0.6 is 0 Å². The van der Waals surface area contributed by atoms with Gasteiger partial charge in [-0.15, -0.1) is 0 Å². The molecule has 32 heavy (non-hydrogen) atoms. The summed E-state index contributed by atoms with van der Waals surface area (Å²) in [5, 5.41) is 11.4. The topological polar surface area (TPSA) is 76.1 Å². The van der Waals surface area contributed by atoms with Gasteiger partial charge in [0.05, 0.1) is 30.9 Å². The van der Waals surface area contributed by atoms with Crippen LogP contribution in [0.4, 0.5) is 0 Å². The van der Waals surface area contributed by atoms with E-state index in [-0.39, 0.29) is 11.3 Å². The third-order valence-corrected chi connectivity index (χ3v) is 5.53. The number of aliphatic hydroxyl groups excluding tert-OH is 1. The molecule has 0 aromatic heterocycles. The van der Waals surface area contributed by atoms with Gasteiger partial charge in [0, 0.05) is 6.54 Å². The van der Waals surface area contributed by atoms with Gasteiger partial charge in [-0.3, -0.25) is 9.59 Å². The number of aryl methyl sites for hydroxylation is 2. The second-order valence-electron chi connectivity index (χ2n) is 8.08. The smallest absolute Gasteiger partial charge is 0.295 e. The maximum Gasteiger partial charge on any atom is 0.295 e. The number of methoxy groups -OCH3 is 1. The number of carbonyl (C=O) groups excluding carboxylic acids is 2. The van der Waals surface area contributed by atoms with Gasteiger partial charge in [0.15, 0.2) is 0 Å². The second-order valence-corrected chi connectivity index (χ2v) is 8.08. The molecule has 0 saturated carbocycles. The molecule has 1 atom stereocenters. The van der Waals surface area contributed by atoms with Crippen molar-refractivity contribution in [3.8, 4) is 11.5 Å². The second kappa shape index (κ2) is 9.90. The first kappa shape index (κ1) is 23.4. The highest BCUT2D eigenvalue weighted by atomic mass is 16.5. The van der Waals surface area contributed by atoms with Crippen LogP contribution in [0.5, 0.6) is 11.5 Å². The molecular weight excluding hydrogens is 406 g/mol. The van der Waals surface area contributed by atoms with Crippen molar-refractivity contribution < 1.29 is 24.2 Å². The molecule has 170 valence electrons. The van der Waals surface area contributed by atoms with E-state index in [0.717, 1.165) is 23.1 Å². The number of rotatable bonds is 8. The summed E-state index contributed by atoms with van der Waals surface area (Å²) in [7, 11) is 1.52. The van der Waals surface area contributed by atoms with Crippen LogP contribution in [0.3, 0.4) is 0 Å². The van der Waals surface area contributed by atoms with Crippen LogP contribution in [0.2, 0.25) is 0 Å². The van der Waals surface area contributed by atoms with Crippen molar-refractivity contribution in [1.29, 1.82) is 0 Å². The summed E-state index contributed by atoms with van der Waals surface area (Å²) in [5.41, 5.74) is 2.95. The van der Waals surface area contributed by atoms with E-state index in [1.165, 1.54) is 12.0 Å². The standard InChI is InChI=1S/C26H31NO5/c1-6-11-27-22(18-9-8-10-19(15-18)32-12-7-2)21(24(29)26(27)30)23(28)20-14-16(3)13-17(4)25(20)31-5/h8-10,13-15,22,28H,6-7,11-12H2,1-5H3/b23-21+. The summed E-state index contributed by atoms with van der Waals surface area (Å²) in [6.45, 7) is 8.73. The van der Waals surface area contributed by atoms with Crippen LogP contribution in [0, 0.1) is 13.8 Å². The molecule has 1 saturated heterocycles. The summed E-state index contributed by atoms with van der Waals surface area (Å²) in [5.74, 6) is -0.386. The number of benzene rings is 2. The minimum Gasteiger partial charge on any atom is -0.507 e. The van der Waals surface area contributed by atoms with Gasteiger partial charge in [-0.25, -0.2) is 0 Å². The van der Waals surface area contributed by atoms with Crippen LogP contribution in [0.1, 0.15) is 55.0 Å². The van der Waals surface area contributed by atoms with Gasteiger partial charge in [0.1, 0.15) is 17.3 Å². The van der Waals surface area contributed by atoms with Crippen LogP contribution in [0.15, 0.2) is 42.0 Å². The number of nitrogens with zero attached hydrogens (tertiary/aromatic N) is 1. The lowest BCUT2D eigenvalue weighted by Gasteiger charge is -2.25. The molecule has 6 nitrogen and oxygen atoms in total. The lowest BCUT2D eigenvalue weighted by molar-refractivity contribution is -0.139. The van der Waals surface area contributed by atoms with E-state index in [2.05, 4.69) is 0 Å². The molecule has 0 aliphatic carbocycles. The maximum atomic E-state index is 13.1. The minimum atomic E-state index is -0.703. The molecule has 1 unspecified atom stereocenters. The van der Waals surface area contributed by atoms with Gasteiger partial charge < -0.3 is 19.5 Å². The van der Waals surface area contributed by atoms with Crippen LogP contribution in [-0.2, 0) is 9.59 Å². The Balaban J connectivity index is 2.23. The molecule has 1 heterocycles. The Morgan fingerprint density at radius 1 is 1.09 bits per heavy atom. The molecule has 2 aromatic carbocycles. The summed E-state index contributed by atoms with van der Waals surface area (Å²) in [6.07, 6.45) is 1.55. The number of ketones is 1. The number of carbonyl (C=O) groups is 2. The number of hydrogen-bond donors (Lipinski definition) is 1. The Hall–Kier alpha value is -3.28. The Morgan fingerprint density at radius 3 is 2.50 bits per heavy atom. The molecule has 3 rings (SSSR count). The summed E-state index contributed by atoms with van der Waals surface area (Å²) < 4.78 is 11.3. The highest BCUT2D eigenvalue weighted by Crippen LogP contribution is 2.42. The van der Waals surface area contributed by atoms with Gasteiger partial charge >= 0.3 is 0 Å². The molecule has 1 aliphatic heterocycles. The zero-order valence-electron chi connectivity index (χ0n) is 19.4. The van der Waals surface area contributed by atoms with Crippen molar-refractivity contribution in [3.63, 3.8) is 0 Å². The zero-order valence-corrected chi connectivity index (χ0v) is 19.4.